The fourth-order valence-corrected chi connectivity index (χ4v) is 3.69. The molecule has 0 spiro atoms. The highest BCUT2D eigenvalue weighted by atomic mass is 16.5. The molecule has 1 aromatic rings. The molecule has 0 aromatic heterocycles. The van der Waals surface area contributed by atoms with Crippen molar-refractivity contribution in [3.63, 3.8) is 0 Å². The highest BCUT2D eigenvalue weighted by Crippen LogP contribution is 2.38. The molecule has 134 valence electrons. The Morgan fingerprint density at radius 1 is 1.33 bits per heavy atom. The van der Waals surface area contributed by atoms with E-state index < -0.39 is 0 Å². The van der Waals surface area contributed by atoms with E-state index in [1.54, 1.807) is 7.11 Å². The van der Waals surface area contributed by atoms with Crippen molar-refractivity contribution in [2.45, 2.75) is 52.6 Å². The summed E-state index contributed by atoms with van der Waals surface area (Å²) in [5.74, 6) is 2.27. The number of anilines is 1. The summed E-state index contributed by atoms with van der Waals surface area (Å²) in [4.78, 5) is 12.5. The Bertz CT molecular complexity index is 536. The number of carbonyl (C=O) groups is 1. The minimum absolute atomic E-state index is 0.0808. The monoisotopic (exact) mass is 333 g/mol. The molecule has 0 bridgehead atoms. The average molecular weight is 333 g/mol. The molecule has 0 aliphatic carbocycles. The minimum Gasteiger partial charge on any atom is -0.497 e. The number of benzene rings is 1. The molecule has 1 N–H and O–H groups in total. The quantitative estimate of drug-likeness (QED) is 0.833. The first-order chi connectivity index (χ1) is 11.3. The van der Waals surface area contributed by atoms with Crippen molar-refractivity contribution in [2.24, 2.45) is 17.8 Å². The number of hydrogen-bond acceptors (Lipinski definition) is 3. The Balaban J connectivity index is 1.97. The Morgan fingerprint density at radius 2 is 2.00 bits per heavy atom. The summed E-state index contributed by atoms with van der Waals surface area (Å²) in [7, 11) is 1.64. The van der Waals surface area contributed by atoms with Gasteiger partial charge in [-0.2, -0.15) is 0 Å². The molecular formula is C20H31NO3. The van der Waals surface area contributed by atoms with Crippen LogP contribution in [0.3, 0.4) is 0 Å². The highest BCUT2D eigenvalue weighted by Gasteiger charge is 2.35. The maximum atomic E-state index is 12.5. The van der Waals surface area contributed by atoms with Crippen LogP contribution >= 0.6 is 0 Å². The zero-order chi connectivity index (χ0) is 17.7. The van der Waals surface area contributed by atoms with Gasteiger partial charge in [-0.05, 0) is 68.7 Å². The summed E-state index contributed by atoms with van der Waals surface area (Å²) >= 11 is 0. The first-order valence-corrected chi connectivity index (χ1v) is 8.88. The lowest BCUT2D eigenvalue weighted by molar-refractivity contribution is -0.120. The lowest BCUT2D eigenvalue weighted by Crippen LogP contribution is -2.39. The molecule has 2 atom stereocenters. The van der Waals surface area contributed by atoms with E-state index in [9.17, 15) is 4.79 Å². The second-order valence-corrected chi connectivity index (χ2v) is 7.75. The van der Waals surface area contributed by atoms with E-state index >= 15 is 0 Å². The topological polar surface area (TPSA) is 47.6 Å². The van der Waals surface area contributed by atoms with E-state index in [0.717, 1.165) is 30.9 Å². The second-order valence-electron chi connectivity index (χ2n) is 7.75. The summed E-state index contributed by atoms with van der Waals surface area (Å²) in [5, 5.41) is 3.01. The molecule has 0 saturated carbocycles. The number of amides is 1. The number of ether oxygens (including phenoxy) is 2. The first kappa shape index (κ1) is 18.8. The van der Waals surface area contributed by atoms with Crippen molar-refractivity contribution < 1.29 is 14.3 Å². The molecule has 1 heterocycles. The lowest BCUT2D eigenvalue weighted by atomic mass is 9.73. The summed E-state index contributed by atoms with van der Waals surface area (Å²) in [6, 6.07) is 7.46. The zero-order valence-electron chi connectivity index (χ0n) is 15.6. The Hall–Kier alpha value is -1.55. The molecule has 0 radical (unpaired) electrons. The van der Waals surface area contributed by atoms with Gasteiger partial charge in [0.25, 0.3) is 0 Å². The molecule has 1 saturated heterocycles. The minimum atomic E-state index is -0.0808. The van der Waals surface area contributed by atoms with Crippen LogP contribution in [-0.4, -0.2) is 25.2 Å². The standard InChI is InChI=1S/C20H31NO3/c1-14(2)18(15-10-11-24-20(3,4)13-15)12-19(22)21-16-6-8-17(23-5)9-7-16/h6-9,14-15,18H,10-13H2,1-5H3,(H,21,22)/t15-,18+/m1/s1. The summed E-state index contributed by atoms with van der Waals surface area (Å²) < 4.78 is 11.0. The predicted molar refractivity (Wildman–Crippen MR) is 97.3 cm³/mol. The van der Waals surface area contributed by atoms with Crippen LogP contribution in [0.4, 0.5) is 5.69 Å². The normalized spacial score (nSPS) is 21.3. The van der Waals surface area contributed by atoms with Gasteiger partial charge < -0.3 is 14.8 Å². The van der Waals surface area contributed by atoms with Crippen molar-refractivity contribution in [3.8, 4) is 5.75 Å². The number of hydrogen-bond donors (Lipinski definition) is 1. The maximum absolute atomic E-state index is 12.5. The molecule has 2 rings (SSSR count). The third-order valence-corrected chi connectivity index (χ3v) is 4.99. The van der Waals surface area contributed by atoms with E-state index in [0.29, 0.717) is 24.2 Å². The molecule has 1 aliphatic heterocycles. The van der Waals surface area contributed by atoms with Gasteiger partial charge in [-0.15, -0.1) is 0 Å². The van der Waals surface area contributed by atoms with Crippen molar-refractivity contribution in [1.29, 1.82) is 0 Å². The smallest absolute Gasteiger partial charge is 0.224 e. The molecule has 24 heavy (non-hydrogen) atoms. The molecule has 1 fully saturated rings. The first-order valence-electron chi connectivity index (χ1n) is 8.88. The zero-order valence-corrected chi connectivity index (χ0v) is 15.6. The van der Waals surface area contributed by atoms with Crippen LogP contribution in [0.5, 0.6) is 5.75 Å². The van der Waals surface area contributed by atoms with Gasteiger partial charge in [0.2, 0.25) is 5.91 Å². The molecule has 1 aliphatic rings. The van der Waals surface area contributed by atoms with Crippen molar-refractivity contribution in [2.75, 3.05) is 19.0 Å². The highest BCUT2D eigenvalue weighted by molar-refractivity contribution is 5.90. The van der Waals surface area contributed by atoms with Crippen LogP contribution in [0.25, 0.3) is 0 Å². The molecule has 1 amide bonds. The van der Waals surface area contributed by atoms with E-state index in [1.165, 1.54) is 0 Å². The van der Waals surface area contributed by atoms with Crippen LogP contribution in [0, 0.1) is 17.8 Å². The van der Waals surface area contributed by atoms with Crippen LogP contribution in [0.1, 0.15) is 47.0 Å². The Labute approximate surface area is 145 Å². The van der Waals surface area contributed by atoms with Gasteiger partial charge in [0.05, 0.1) is 12.7 Å². The number of nitrogens with one attached hydrogen (secondary N) is 1. The second kappa shape index (κ2) is 8.02. The Kier molecular flexibility index (Phi) is 6.27. The van der Waals surface area contributed by atoms with Crippen LogP contribution in [0.2, 0.25) is 0 Å². The van der Waals surface area contributed by atoms with Gasteiger partial charge in [-0.25, -0.2) is 0 Å². The SMILES string of the molecule is COc1ccc(NC(=O)C[C@@H](C(C)C)[C@@H]2CCOC(C)(C)C2)cc1. The van der Waals surface area contributed by atoms with E-state index in [4.69, 9.17) is 9.47 Å². The van der Waals surface area contributed by atoms with Gasteiger partial charge in [-0.1, -0.05) is 13.8 Å². The molecular weight excluding hydrogens is 302 g/mol. The molecule has 0 unspecified atom stereocenters. The number of methoxy groups -OCH3 is 1. The average Bonchev–Trinajstić information content (AvgIpc) is 2.52. The van der Waals surface area contributed by atoms with E-state index in [1.807, 2.05) is 24.3 Å². The van der Waals surface area contributed by atoms with Gasteiger partial charge in [0.1, 0.15) is 5.75 Å². The molecule has 4 heteroatoms. The summed E-state index contributed by atoms with van der Waals surface area (Å²) in [6.07, 6.45) is 2.62. The largest absolute Gasteiger partial charge is 0.497 e. The van der Waals surface area contributed by atoms with Gasteiger partial charge >= 0.3 is 0 Å². The molecule has 4 nitrogen and oxygen atoms in total. The van der Waals surface area contributed by atoms with Crippen molar-refractivity contribution in [3.05, 3.63) is 24.3 Å². The summed E-state index contributed by atoms with van der Waals surface area (Å²) in [5.41, 5.74) is 0.735. The van der Waals surface area contributed by atoms with Gasteiger partial charge in [-0.3, -0.25) is 4.79 Å². The van der Waals surface area contributed by atoms with Crippen LogP contribution < -0.4 is 10.1 Å². The van der Waals surface area contributed by atoms with Crippen LogP contribution in [0.15, 0.2) is 24.3 Å². The third kappa shape index (κ3) is 5.23. The van der Waals surface area contributed by atoms with Gasteiger partial charge in [0, 0.05) is 18.7 Å². The lowest BCUT2D eigenvalue weighted by Gasteiger charge is -2.40. The fourth-order valence-electron chi connectivity index (χ4n) is 3.69. The Morgan fingerprint density at radius 3 is 2.54 bits per heavy atom. The summed E-state index contributed by atoms with van der Waals surface area (Å²) in [6.45, 7) is 9.52. The number of rotatable bonds is 6. The van der Waals surface area contributed by atoms with Crippen LogP contribution in [-0.2, 0) is 9.53 Å². The maximum Gasteiger partial charge on any atom is 0.224 e. The predicted octanol–water partition coefficient (Wildman–Crippen LogP) is 4.50. The van der Waals surface area contributed by atoms with Gasteiger partial charge in [0.15, 0.2) is 0 Å². The van der Waals surface area contributed by atoms with Crippen molar-refractivity contribution >= 4 is 11.6 Å². The molecule has 1 aromatic carbocycles. The van der Waals surface area contributed by atoms with E-state index in [-0.39, 0.29) is 11.5 Å². The fraction of sp³-hybridized carbons (Fsp3) is 0.650. The van der Waals surface area contributed by atoms with Crippen molar-refractivity contribution in [1.82, 2.24) is 0 Å². The number of carbonyl (C=O) groups excluding carboxylic acids is 1. The third-order valence-electron chi connectivity index (χ3n) is 4.99. The van der Waals surface area contributed by atoms with E-state index in [2.05, 4.69) is 33.0 Å².